The molecule has 1 aliphatic rings. The molecule has 3 aromatic carbocycles. The van der Waals surface area contributed by atoms with Crippen LogP contribution in [0.4, 0.5) is 29.3 Å². The summed E-state index contributed by atoms with van der Waals surface area (Å²) >= 11 is 5.97. The number of ether oxygens (including phenoxy) is 2. The summed E-state index contributed by atoms with van der Waals surface area (Å²) < 4.78 is 79.4. The summed E-state index contributed by atoms with van der Waals surface area (Å²) in [5.41, 5.74) is -0.434. The third-order valence-electron chi connectivity index (χ3n) is 8.74. The quantitative estimate of drug-likeness (QED) is 0.222. The van der Waals surface area contributed by atoms with Gasteiger partial charge < -0.3 is 30.1 Å². The van der Waals surface area contributed by atoms with E-state index in [1.54, 1.807) is 13.0 Å². The average molecular weight is 769 g/mol. The summed E-state index contributed by atoms with van der Waals surface area (Å²) in [5.74, 6) is -0.671. The summed E-state index contributed by atoms with van der Waals surface area (Å²) in [7, 11) is -2.44. The van der Waals surface area contributed by atoms with Crippen molar-refractivity contribution in [3.63, 3.8) is 0 Å². The zero-order valence-corrected chi connectivity index (χ0v) is 30.9. The molecule has 0 saturated carbocycles. The first-order valence-corrected chi connectivity index (χ1v) is 18.6. The van der Waals surface area contributed by atoms with Gasteiger partial charge in [-0.3, -0.25) is 4.79 Å². The van der Waals surface area contributed by atoms with Gasteiger partial charge >= 0.3 is 12.2 Å². The lowest BCUT2D eigenvalue weighted by molar-refractivity contribution is -0.137. The molecule has 0 aliphatic carbocycles. The van der Waals surface area contributed by atoms with E-state index in [-0.39, 0.29) is 53.4 Å². The fourth-order valence-corrected chi connectivity index (χ4v) is 6.95. The zero-order chi connectivity index (χ0) is 38.2. The van der Waals surface area contributed by atoms with E-state index < -0.39 is 51.8 Å². The van der Waals surface area contributed by atoms with E-state index >= 15 is 0 Å². The number of benzene rings is 3. The highest BCUT2D eigenvalue weighted by Crippen LogP contribution is 2.31. The third kappa shape index (κ3) is 10.8. The largest absolute Gasteiger partial charge is 0.490 e. The maximum Gasteiger partial charge on any atom is 0.416 e. The smallest absolute Gasteiger partial charge is 0.416 e. The molecule has 0 spiro atoms. The number of nitrogens with one attached hydrogen (secondary N) is 2. The van der Waals surface area contributed by atoms with Gasteiger partial charge in [-0.05, 0) is 99.8 Å². The Morgan fingerprint density at radius 1 is 1.04 bits per heavy atom. The van der Waals surface area contributed by atoms with Gasteiger partial charge in [0.05, 0.1) is 40.9 Å². The Morgan fingerprint density at radius 3 is 2.31 bits per heavy atom. The minimum atomic E-state index is -4.52. The number of aliphatic hydroxyl groups excluding tert-OH is 1. The van der Waals surface area contributed by atoms with Gasteiger partial charge in [-0.1, -0.05) is 18.5 Å². The number of sulfonamides is 1. The van der Waals surface area contributed by atoms with Crippen molar-refractivity contribution in [3.8, 4) is 5.75 Å². The van der Waals surface area contributed by atoms with Crippen molar-refractivity contribution < 1.29 is 45.8 Å². The van der Waals surface area contributed by atoms with E-state index in [2.05, 4.69) is 10.6 Å². The van der Waals surface area contributed by atoms with Crippen LogP contribution >= 0.6 is 11.6 Å². The first-order valence-electron chi connectivity index (χ1n) is 16.8. The summed E-state index contributed by atoms with van der Waals surface area (Å²) in [6.45, 7) is 5.40. The molecule has 4 rings (SSSR count). The number of urea groups is 1. The molecule has 1 heterocycles. The Hall–Kier alpha value is -3.89. The van der Waals surface area contributed by atoms with Crippen LogP contribution in [0.15, 0.2) is 71.6 Å². The fourth-order valence-electron chi connectivity index (χ4n) is 5.64. The number of nitrogens with zero attached hydrogens (tertiary/aromatic N) is 2. The third-order valence-corrected chi connectivity index (χ3v) is 10.8. The predicted molar refractivity (Wildman–Crippen MR) is 192 cm³/mol. The van der Waals surface area contributed by atoms with Crippen molar-refractivity contribution in [3.05, 3.63) is 82.9 Å². The maximum atomic E-state index is 14.4. The number of hydrogen-bond acceptors (Lipinski definition) is 7. The van der Waals surface area contributed by atoms with Crippen LogP contribution in [0, 0.1) is 5.92 Å². The van der Waals surface area contributed by atoms with Gasteiger partial charge in [0.25, 0.3) is 5.91 Å². The van der Waals surface area contributed by atoms with Crippen LogP contribution in [-0.4, -0.2) is 86.3 Å². The molecule has 0 aromatic heterocycles. The van der Waals surface area contributed by atoms with Gasteiger partial charge in [0.1, 0.15) is 5.75 Å². The van der Waals surface area contributed by atoms with Crippen LogP contribution in [-0.2, 0) is 20.9 Å². The number of anilines is 2. The molecule has 3 aromatic rings. The molecule has 4 atom stereocenters. The lowest BCUT2D eigenvalue weighted by atomic mass is 10.0. The number of likely N-dealkylation sites (N-methyl/N-ethyl adjacent to an activating group) is 1. The van der Waals surface area contributed by atoms with Crippen LogP contribution in [0.2, 0.25) is 5.02 Å². The molecule has 0 radical (unpaired) electrons. The van der Waals surface area contributed by atoms with Gasteiger partial charge in [0.2, 0.25) is 10.0 Å². The molecule has 52 heavy (non-hydrogen) atoms. The monoisotopic (exact) mass is 768 g/mol. The lowest BCUT2D eigenvalue weighted by Gasteiger charge is -2.35. The van der Waals surface area contributed by atoms with Crippen LogP contribution in [0.25, 0.3) is 0 Å². The van der Waals surface area contributed by atoms with Crippen LogP contribution in [0.3, 0.4) is 0 Å². The van der Waals surface area contributed by atoms with Crippen molar-refractivity contribution in [1.82, 2.24) is 9.21 Å². The topological polar surface area (TPSA) is 138 Å². The normalized spacial score (nSPS) is 20.0. The zero-order valence-electron chi connectivity index (χ0n) is 29.3. The van der Waals surface area contributed by atoms with Crippen LogP contribution in [0.5, 0.6) is 5.75 Å². The molecular weight excluding hydrogens is 725 g/mol. The highest BCUT2D eigenvalue weighted by Gasteiger charge is 2.33. The number of alkyl halides is 3. The van der Waals surface area contributed by atoms with E-state index in [1.807, 2.05) is 13.8 Å². The predicted octanol–water partition coefficient (Wildman–Crippen LogP) is 7.12. The van der Waals surface area contributed by atoms with Crippen molar-refractivity contribution >= 4 is 44.9 Å². The summed E-state index contributed by atoms with van der Waals surface area (Å²) in [5, 5.41) is 15.7. The second kappa shape index (κ2) is 17.8. The molecule has 284 valence electrons. The SMILES string of the molecule is C[C@@H]1CCCCO[C@@H](CN(C)S(=O)(=O)c2ccc(Cl)cc2)[C@@H](C)CN([C@@H](C)CO)C(=O)c2cc(NC(=O)Nc3ccc(C(F)(F)F)cc3)ccc2O1. The molecule has 16 heteroatoms. The molecule has 0 fully saturated rings. The Balaban J connectivity index is 1.60. The van der Waals surface area contributed by atoms with Crippen molar-refractivity contribution in [2.24, 2.45) is 5.92 Å². The number of aliphatic hydroxyl groups is 1. The first-order chi connectivity index (χ1) is 24.5. The van der Waals surface area contributed by atoms with E-state index in [4.69, 9.17) is 21.1 Å². The van der Waals surface area contributed by atoms with E-state index in [0.29, 0.717) is 24.5 Å². The number of amides is 3. The Labute approximate surface area is 307 Å². The number of carbonyl (C=O) groups excluding carboxylic acids is 2. The van der Waals surface area contributed by atoms with Crippen molar-refractivity contribution in [2.75, 3.05) is 44.0 Å². The van der Waals surface area contributed by atoms with Gasteiger partial charge in [-0.15, -0.1) is 0 Å². The van der Waals surface area contributed by atoms with Crippen LogP contribution < -0.4 is 15.4 Å². The summed E-state index contributed by atoms with van der Waals surface area (Å²) in [6, 6.07) is 12.9. The molecule has 3 N–H and O–H groups in total. The highest BCUT2D eigenvalue weighted by molar-refractivity contribution is 7.89. The molecule has 0 bridgehead atoms. The molecule has 3 amide bonds. The number of fused-ring (bicyclic) bond motifs is 1. The van der Waals surface area contributed by atoms with Crippen molar-refractivity contribution in [1.29, 1.82) is 0 Å². The minimum Gasteiger partial charge on any atom is -0.490 e. The van der Waals surface area contributed by atoms with E-state index in [0.717, 1.165) is 30.7 Å². The van der Waals surface area contributed by atoms with Gasteiger partial charge in [0.15, 0.2) is 0 Å². The second-order valence-electron chi connectivity index (χ2n) is 12.9. The second-order valence-corrected chi connectivity index (χ2v) is 15.4. The van der Waals surface area contributed by atoms with Crippen LogP contribution in [0.1, 0.15) is 56.0 Å². The first kappa shape index (κ1) is 40.9. The number of carbonyl (C=O) groups is 2. The number of halogens is 4. The van der Waals surface area contributed by atoms with Gasteiger partial charge in [0, 0.05) is 49.1 Å². The molecule has 1 aliphatic heterocycles. The number of hydrogen-bond donors (Lipinski definition) is 3. The number of rotatable bonds is 8. The standard InChI is InChI=1S/C36H44ClF3N4O7S/c1-23-20-44(24(2)22-45)34(46)31-19-29(42-35(47)41-28-12-8-26(9-13-28)36(38,39)40)14-17-32(31)51-25(3)7-5-6-18-50-33(23)21-43(4)52(48,49)30-15-10-27(37)11-16-30/h8-17,19,23-25,33,45H,5-7,18,20-22H2,1-4H3,(H2,41,42,47)/t23-,24-,25+,33-/m0/s1. The Morgan fingerprint density at radius 2 is 1.67 bits per heavy atom. The molecule has 0 unspecified atom stereocenters. The van der Waals surface area contributed by atoms with Gasteiger partial charge in [-0.25, -0.2) is 13.2 Å². The Kier molecular flexibility index (Phi) is 14.0. The minimum absolute atomic E-state index is 0.0140. The fraction of sp³-hybridized carbons (Fsp3) is 0.444. The molecule has 11 nitrogen and oxygen atoms in total. The summed E-state index contributed by atoms with van der Waals surface area (Å²) in [6.07, 6.45) is -3.46. The van der Waals surface area contributed by atoms with E-state index in [9.17, 15) is 36.3 Å². The maximum absolute atomic E-state index is 14.4. The molecule has 0 saturated heterocycles. The average Bonchev–Trinajstić information content (AvgIpc) is 3.09. The van der Waals surface area contributed by atoms with Crippen molar-refractivity contribution in [2.45, 2.75) is 69.4 Å². The van der Waals surface area contributed by atoms with E-state index in [1.165, 1.54) is 52.7 Å². The highest BCUT2D eigenvalue weighted by atomic mass is 35.5. The lowest BCUT2D eigenvalue weighted by Crippen LogP contribution is -2.48. The Bertz CT molecular complexity index is 1780. The summed E-state index contributed by atoms with van der Waals surface area (Å²) in [4.78, 5) is 28.7. The van der Waals surface area contributed by atoms with Gasteiger partial charge in [-0.2, -0.15) is 17.5 Å². The molecular formula is C36H44ClF3N4O7S.